The fourth-order valence-corrected chi connectivity index (χ4v) is 8.10. The number of hydrogen-bond acceptors (Lipinski definition) is 8. The number of fused-ring (bicyclic) bond motifs is 1. The van der Waals surface area contributed by atoms with E-state index in [1.165, 1.54) is 16.7 Å². The minimum Gasteiger partial charge on any atom is -0.359 e. The lowest BCUT2D eigenvalue weighted by Crippen LogP contribution is -2.62. The molecule has 4 heterocycles. The van der Waals surface area contributed by atoms with Crippen LogP contribution in [0.1, 0.15) is 24.7 Å². The second-order valence-corrected chi connectivity index (χ2v) is 12.5. The number of para-hydroxylation sites is 3. The number of benzene rings is 3. The fraction of sp³-hybridized carbons (Fsp3) is 0.242. The van der Waals surface area contributed by atoms with Crippen LogP contribution in [-0.4, -0.2) is 55.4 Å². The molecule has 0 aliphatic carbocycles. The second kappa shape index (κ2) is 11.3. The molecule has 0 unspecified atom stereocenters. The lowest BCUT2D eigenvalue weighted by molar-refractivity contribution is -0.145. The van der Waals surface area contributed by atoms with Crippen molar-refractivity contribution in [3.8, 4) is 0 Å². The Bertz CT molecular complexity index is 1760. The Kier molecular flexibility index (Phi) is 7.27. The summed E-state index contributed by atoms with van der Waals surface area (Å²) in [6.45, 7) is 4.31. The number of carbonyl (C=O) groups is 3. The van der Waals surface area contributed by atoms with Gasteiger partial charge in [0.15, 0.2) is 0 Å². The van der Waals surface area contributed by atoms with Crippen molar-refractivity contribution in [2.24, 2.45) is 0 Å². The summed E-state index contributed by atoms with van der Waals surface area (Å²) in [6.07, 6.45) is 2.34. The smallest absolute Gasteiger partial charge is 0.338 e. The maximum absolute atomic E-state index is 14.9. The zero-order valence-electron chi connectivity index (χ0n) is 24.7. The van der Waals surface area contributed by atoms with E-state index >= 15 is 0 Å². The van der Waals surface area contributed by atoms with Crippen LogP contribution in [0.25, 0.3) is 0 Å². The van der Waals surface area contributed by atoms with Crippen LogP contribution in [0.15, 0.2) is 97.2 Å². The predicted molar refractivity (Wildman–Crippen MR) is 173 cm³/mol. The highest BCUT2D eigenvalue weighted by molar-refractivity contribution is 8.02. The highest BCUT2D eigenvalue weighted by Crippen LogP contribution is 2.60. The van der Waals surface area contributed by atoms with Gasteiger partial charge in [-0.3, -0.25) is 15.0 Å². The van der Waals surface area contributed by atoms with Gasteiger partial charge in [0.2, 0.25) is 4.99 Å². The van der Waals surface area contributed by atoms with Gasteiger partial charge in [0.25, 0.3) is 5.91 Å². The molecule has 5 amide bonds. The Hall–Kier alpha value is -4.78. The van der Waals surface area contributed by atoms with E-state index in [4.69, 9.17) is 4.74 Å². The van der Waals surface area contributed by atoms with Crippen molar-refractivity contribution in [1.29, 1.82) is 0 Å². The van der Waals surface area contributed by atoms with Gasteiger partial charge in [-0.1, -0.05) is 66.4 Å². The molecule has 7 rings (SSSR count). The number of nitrogens with one attached hydrogen (secondary N) is 2. The van der Waals surface area contributed by atoms with Crippen molar-refractivity contribution in [2.45, 2.75) is 42.8 Å². The first-order valence-electron chi connectivity index (χ1n) is 14.7. The molecule has 2 N–H and O–H groups in total. The number of aryl methyl sites for hydroxylation is 1. The first kappa shape index (κ1) is 29.0. The maximum atomic E-state index is 14.9. The summed E-state index contributed by atoms with van der Waals surface area (Å²) >= 11 is 1.43. The number of urea groups is 2. The van der Waals surface area contributed by atoms with Crippen molar-refractivity contribution in [3.63, 3.8) is 0 Å². The quantitative estimate of drug-likeness (QED) is 0.259. The third-order valence-electron chi connectivity index (χ3n) is 8.35. The number of carbonyl (C=O) groups excluding carboxylic acids is 3. The molecule has 3 aliphatic heterocycles. The summed E-state index contributed by atoms with van der Waals surface area (Å²) in [5.74, 6) is 0.369. The minimum absolute atomic E-state index is 0.103. The van der Waals surface area contributed by atoms with Gasteiger partial charge < -0.3 is 10.1 Å². The molecule has 0 radical (unpaired) electrons. The molecule has 45 heavy (non-hydrogen) atoms. The van der Waals surface area contributed by atoms with Crippen molar-refractivity contribution < 1.29 is 19.1 Å². The zero-order valence-corrected chi connectivity index (χ0v) is 25.5. The van der Waals surface area contributed by atoms with Gasteiger partial charge in [0.1, 0.15) is 17.4 Å². The Labute approximate surface area is 264 Å². The van der Waals surface area contributed by atoms with E-state index in [9.17, 15) is 14.4 Å². The van der Waals surface area contributed by atoms with Gasteiger partial charge in [-0.25, -0.2) is 29.4 Å². The van der Waals surface area contributed by atoms with Crippen LogP contribution in [0.3, 0.4) is 0 Å². The van der Waals surface area contributed by atoms with Gasteiger partial charge in [-0.15, -0.1) is 0 Å². The fourth-order valence-electron chi connectivity index (χ4n) is 6.23. The van der Waals surface area contributed by atoms with Gasteiger partial charge in [0, 0.05) is 29.7 Å². The summed E-state index contributed by atoms with van der Waals surface area (Å²) in [4.78, 5) is 54.6. The Morgan fingerprint density at radius 1 is 0.956 bits per heavy atom. The molecule has 3 aromatic carbocycles. The van der Waals surface area contributed by atoms with E-state index in [0.29, 0.717) is 47.3 Å². The van der Waals surface area contributed by atoms with E-state index in [1.54, 1.807) is 54.4 Å². The monoisotopic (exact) mass is 621 g/mol. The molecular formula is C33H31N7O4S. The molecule has 228 valence electrons. The van der Waals surface area contributed by atoms with Crippen molar-refractivity contribution in [1.82, 2.24) is 14.9 Å². The van der Waals surface area contributed by atoms with Gasteiger partial charge in [0.05, 0.1) is 17.5 Å². The highest BCUT2D eigenvalue weighted by atomic mass is 32.2. The number of aromatic nitrogens is 2. The lowest BCUT2D eigenvalue weighted by atomic mass is 10.1. The number of amides is 5. The molecule has 3 saturated heterocycles. The van der Waals surface area contributed by atoms with Crippen molar-refractivity contribution >= 4 is 52.6 Å². The molecule has 3 atom stereocenters. The number of nitrogens with zero attached hydrogens (tertiary/aromatic N) is 5. The van der Waals surface area contributed by atoms with Crippen LogP contribution in [0.2, 0.25) is 0 Å². The molecule has 3 fully saturated rings. The maximum Gasteiger partial charge on any atom is 0.338 e. The van der Waals surface area contributed by atoms with Crippen molar-refractivity contribution in [3.05, 3.63) is 109 Å². The zero-order chi connectivity index (χ0) is 31.2. The molecule has 3 aliphatic rings. The van der Waals surface area contributed by atoms with Crippen LogP contribution >= 0.6 is 11.8 Å². The Balaban J connectivity index is 1.33. The minimum atomic E-state index is -1.50. The Morgan fingerprint density at radius 2 is 1.60 bits per heavy atom. The largest absolute Gasteiger partial charge is 0.359 e. The van der Waals surface area contributed by atoms with Gasteiger partial charge in [-0.05, 0) is 56.7 Å². The van der Waals surface area contributed by atoms with Gasteiger partial charge >= 0.3 is 12.1 Å². The normalized spacial score (nSPS) is 24.4. The lowest BCUT2D eigenvalue weighted by Gasteiger charge is -2.43. The summed E-state index contributed by atoms with van der Waals surface area (Å²) in [5.41, 5.74) is 1.33. The average molecular weight is 622 g/mol. The third kappa shape index (κ3) is 4.82. The van der Waals surface area contributed by atoms with E-state index in [2.05, 4.69) is 20.6 Å². The molecule has 1 aromatic heterocycles. The summed E-state index contributed by atoms with van der Waals surface area (Å²) in [6, 6.07) is 26.3. The number of rotatable bonds is 6. The number of imide groups is 1. The van der Waals surface area contributed by atoms with Gasteiger partial charge in [-0.2, -0.15) is 0 Å². The molecule has 4 aromatic rings. The summed E-state index contributed by atoms with van der Waals surface area (Å²) in [5, 5.41) is 5.57. The van der Waals surface area contributed by atoms with Crippen molar-refractivity contribution in [2.75, 3.05) is 27.0 Å². The Morgan fingerprint density at radius 3 is 2.29 bits per heavy atom. The van der Waals surface area contributed by atoms with Crippen LogP contribution in [0.4, 0.5) is 32.5 Å². The molecule has 12 heteroatoms. The van der Waals surface area contributed by atoms with Crippen LogP contribution in [0, 0.1) is 6.92 Å². The molecule has 11 nitrogen and oxygen atoms in total. The number of thioether (sulfide) groups is 1. The molecule has 0 bridgehead atoms. The number of anilines is 4. The van der Waals surface area contributed by atoms with E-state index < -0.39 is 28.7 Å². The summed E-state index contributed by atoms with van der Waals surface area (Å²) < 4.78 is 6.42. The molecule has 0 saturated carbocycles. The van der Waals surface area contributed by atoms with Crippen LogP contribution < -0.4 is 20.4 Å². The highest BCUT2D eigenvalue weighted by Gasteiger charge is 2.73. The number of hydrogen-bond donors (Lipinski definition) is 2. The average Bonchev–Trinajstić information content (AvgIpc) is 3.60. The predicted octanol–water partition coefficient (Wildman–Crippen LogP) is 5.81. The molecule has 1 spiro atoms. The van der Waals surface area contributed by atoms with Crippen LogP contribution in [0.5, 0.6) is 0 Å². The number of ether oxygens (including phenoxy) is 1. The SMILES string of the molecule is Cc1ncc(CN2[C@]3(S[C@H]4CCO[C@]42C)C(=O)N(c2ccccc2)C(=O)N3c2ccccc2)c(NC(=O)Nc2ccccc2)n1. The van der Waals surface area contributed by atoms with Crippen LogP contribution in [-0.2, 0) is 16.1 Å². The summed E-state index contributed by atoms with van der Waals surface area (Å²) in [7, 11) is 0. The third-order valence-corrected chi connectivity index (χ3v) is 10.2. The first-order valence-corrected chi connectivity index (χ1v) is 15.5. The van der Waals surface area contributed by atoms with E-state index in [1.807, 2.05) is 66.4 Å². The topological polar surface area (TPSA) is 120 Å². The first-order chi connectivity index (χ1) is 21.8. The standard InChI is InChI=1S/C33H31N7O4S/c1-22-34-20-23(28(35-22)37-30(42)36-24-12-6-3-7-13-24)21-38-32(2)27(18-19-44-32)45-33(38)29(41)39(25-14-8-4-9-15-25)31(43)40(33)26-16-10-5-11-17-26/h3-17,20,27H,18-19,21H2,1-2H3,(H2,34,35,36,37,42)/t27-,32+,33+/m0/s1. The van der Waals surface area contributed by atoms with E-state index in [0.717, 1.165) is 0 Å². The second-order valence-electron chi connectivity index (χ2n) is 11.2. The molecular weight excluding hydrogens is 590 g/mol. The van der Waals surface area contributed by atoms with E-state index in [-0.39, 0.29) is 11.8 Å².